The van der Waals surface area contributed by atoms with Crippen LogP contribution in [0.15, 0.2) is 42.5 Å². The zero-order valence-electron chi connectivity index (χ0n) is 12.7. The summed E-state index contributed by atoms with van der Waals surface area (Å²) in [5, 5.41) is 6.65. The third-order valence-electron chi connectivity index (χ3n) is 3.45. The van der Waals surface area contributed by atoms with Crippen LogP contribution in [0.5, 0.6) is 0 Å². The molecule has 0 spiro atoms. The molecule has 0 saturated heterocycles. The first kappa shape index (κ1) is 17.7. The van der Waals surface area contributed by atoms with Gasteiger partial charge in [-0.25, -0.2) is 4.39 Å². The number of halogens is 3. The highest BCUT2D eigenvalue weighted by Gasteiger charge is 2.18. The van der Waals surface area contributed by atoms with Gasteiger partial charge in [-0.15, -0.1) is 0 Å². The van der Waals surface area contributed by atoms with Crippen LogP contribution < -0.4 is 10.6 Å². The lowest BCUT2D eigenvalue weighted by atomic mass is 10.1. The molecule has 2 N–H and O–H groups in total. The molecule has 0 aromatic heterocycles. The molecule has 23 heavy (non-hydrogen) atoms. The maximum atomic E-state index is 13.0. The van der Waals surface area contributed by atoms with E-state index in [0.29, 0.717) is 10.7 Å². The van der Waals surface area contributed by atoms with Crippen molar-refractivity contribution in [2.75, 3.05) is 5.32 Å². The van der Waals surface area contributed by atoms with Crippen LogP contribution in [-0.2, 0) is 4.79 Å². The van der Waals surface area contributed by atoms with E-state index in [1.165, 1.54) is 12.1 Å². The molecule has 0 aliphatic heterocycles. The summed E-state index contributed by atoms with van der Waals surface area (Å²) in [5.74, 6) is -0.719. The summed E-state index contributed by atoms with van der Waals surface area (Å²) in [6.07, 6.45) is 0. The average molecular weight is 355 g/mol. The van der Waals surface area contributed by atoms with Gasteiger partial charge in [0, 0.05) is 11.1 Å². The lowest BCUT2D eigenvalue weighted by molar-refractivity contribution is -0.117. The van der Waals surface area contributed by atoms with E-state index in [4.69, 9.17) is 23.2 Å². The highest BCUT2D eigenvalue weighted by Crippen LogP contribution is 2.24. The minimum Gasteiger partial charge on any atom is -0.323 e. The van der Waals surface area contributed by atoms with Gasteiger partial charge in [-0.2, -0.15) is 0 Å². The average Bonchev–Trinajstić information content (AvgIpc) is 2.50. The Balaban J connectivity index is 2.01. The predicted octanol–water partition coefficient (Wildman–Crippen LogP) is 4.81. The van der Waals surface area contributed by atoms with E-state index >= 15 is 0 Å². The van der Waals surface area contributed by atoms with Crippen LogP contribution in [-0.4, -0.2) is 11.9 Å². The molecule has 0 unspecified atom stereocenters. The monoisotopic (exact) mass is 354 g/mol. The third kappa shape index (κ3) is 4.67. The van der Waals surface area contributed by atoms with Crippen molar-refractivity contribution in [3.63, 3.8) is 0 Å². The highest BCUT2D eigenvalue weighted by molar-refractivity contribution is 6.33. The molecular formula is C17H17Cl2FN2O. The molecule has 1 amide bonds. The van der Waals surface area contributed by atoms with Gasteiger partial charge in [0.05, 0.1) is 16.8 Å². The van der Waals surface area contributed by atoms with Gasteiger partial charge >= 0.3 is 0 Å². The van der Waals surface area contributed by atoms with Gasteiger partial charge in [-0.05, 0) is 43.7 Å². The molecule has 2 aromatic rings. The lowest BCUT2D eigenvalue weighted by Crippen LogP contribution is -2.39. The highest BCUT2D eigenvalue weighted by atomic mass is 35.5. The molecule has 0 bridgehead atoms. The fourth-order valence-corrected chi connectivity index (χ4v) is 2.71. The van der Waals surface area contributed by atoms with Crippen LogP contribution >= 0.6 is 23.2 Å². The Morgan fingerprint density at radius 2 is 1.78 bits per heavy atom. The number of amides is 1. The Morgan fingerprint density at radius 1 is 1.09 bits per heavy atom. The second kappa shape index (κ2) is 7.77. The fourth-order valence-electron chi connectivity index (χ4n) is 2.20. The van der Waals surface area contributed by atoms with Crippen molar-refractivity contribution in [3.8, 4) is 0 Å². The largest absolute Gasteiger partial charge is 0.323 e. The summed E-state index contributed by atoms with van der Waals surface area (Å²) >= 11 is 12.1. The zero-order chi connectivity index (χ0) is 17.0. The summed E-state index contributed by atoms with van der Waals surface area (Å²) in [5.41, 5.74) is 1.28. The number of carbonyl (C=O) groups excluding carboxylic acids is 1. The molecule has 0 aliphatic rings. The second-order valence-corrected chi connectivity index (χ2v) is 6.06. The molecule has 3 nitrogen and oxygen atoms in total. The molecule has 0 radical (unpaired) electrons. The van der Waals surface area contributed by atoms with Gasteiger partial charge in [0.25, 0.3) is 0 Å². The molecule has 2 rings (SSSR count). The number of hydrogen-bond acceptors (Lipinski definition) is 2. The van der Waals surface area contributed by atoms with Crippen LogP contribution in [0.1, 0.15) is 25.5 Å². The molecule has 2 aromatic carbocycles. The third-order valence-corrected chi connectivity index (χ3v) is 4.11. The summed E-state index contributed by atoms with van der Waals surface area (Å²) in [6.45, 7) is 3.66. The molecule has 0 heterocycles. The second-order valence-electron chi connectivity index (χ2n) is 5.24. The first-order valence-corrected chi connectivity index (χ1v) is 7.90. The molecule has 122 valence electrons. The van der Waals surface area contributed by atoms with Crippen molar-refractivity contribution >= 4 is 34.8 Å². The van der Waals surface area contributed by atoms with Crippen molar-refractivity contribution in [2.24, 2.45) is 0 Å². The number of nitrogens with one attached hydrogen (secondary N) is 2. The van der Waals surface area contributed by atoms with Gasteiger partial charge in [0.1, 0.15) is 5.82 Å². The van der Waals surface area contributed by atoms with Gasteiger partial charge in [0.2, 0.25) is 5.91 Å². The van der Waals surface area contributed by atoms with Gasteiger partial charge in [-0.1, -0.05) is 41.4 Å². The van der Waals surface area contributed by atoms with E-state index in [2.05, 4.69) is 10.6 Å². The Kier molecular flexibility index (Phi) is 5.99. The molecule has 0 aliphatic carbocycles. The first-order valence-electron chi connectivity index (χ1n) is 7.15. The SMILES string of the molecule is C[C@@H](N[C@H](C)c1ccccc1Cl)C(=O)Nc1ccc(F)cc1Cl. The molecular weight excluding hydrogens is 338 g/mol. The van der Waals surface area contributed by atoms with Gasteiger partial charge in [-0.3, -0.25) is 10.1 Å². The summed E-state index contributed by atoms with van der Waals surface area (Å²) in [6, 6.07) is 10.7. The van der Waals surface area contributed by atoms with E-state index in [9.17, 15) is 9.18 Å². The number of carbonyl (C=O) groups is 1. The van der Waals surface area contributed by atoms with E-state index in [-0.39, 0.29) is 17.0 Å². The molecule has 6 heteroatoms. The first-order chi connectivity index (χ1) is 10.9. The van der Waals surface area contributed by atoms with Gasteiger partial charge in [0.15, 0.2) is 0 Å². The minimum atomic E-state index is -0.484. The Bertz CT molecular complexity index is 709. The molecule has 0 saturated carbocycles. The van der Waals surface area contributed by atoms with Crippen LogP contribution in [0.3, 0.4) is 0 Å². The maximum absolute atomic E-state index is 13.0. The van der Waals surface area contributed by atoms with Crippen LogP contribution in [0.25, 0.3) is 0 Å². The van der Waals surface area contributed by atoms with Crippen LogP contribution in [0, 0.1) is 5.82 Å². The van der Waals surface area contributed by atoms with Crippen molar-refractivity contribution in [3.05, 3.63) is 63.9 Å². The van der Waals surface area contributed by atoms with Gasteiger partial charge < -0.3 is 5.32 Å². The van der Waals surface area contributed by atoms with Crippen molar-refractivity contribution in [1.29, 1.82) is 0 Å². The zero-order valence-corrected chi connectivity index (χ0v) is 14.3. The van der Waals surface area contributed by atoms with Crippen molar-refractivity contribution in [1.82, 2.24) is 5.32 Å². The predicted molar refractivity (Wildman–Crippen MR) is 92.5 cm³/mol. The quantitative estimate of drug-likeness (QED) is 0.808. The van der Waals surface area contributed by atoms with E-state index in [1.807, 2.05) is 25.1 Å². The van der Waals surface area contributed by atoms with E-state index in [0.717, 1.165) is 11.6 Å². The Labute approximate surface area is 144 Å². The Hall–Kier alpha value is -1.62. The minimum absolute atomic E-state index is 0.104. The van der Waals surface area contributed by atoms with Crippen LogP contribution in [0.4, 0.5) is 10.1 Å². The van der Waals surface area contributed by atoms with Crippen molar-refractivity contribution in [2.45, 2.75) is 25.9 Å². The normalized spacial score (nSPS) is 13.4. The number of rotatable bonds is 5. The molecule has 2 atom stereocenters. The summed E-state index contributed by atoms with van der Waals surface area (Å²) in [4.78, 5) is 12.2. The standard InChI is InChI=1S/C17H17Cl2FN2O/c1-10(13-5-3-4-6-14(13)18)21-11(2)17(23)22-16-8-7-12(20)9-15(16)19/h3-11,21H,1-2H3,(H,22,23)/t10-,11-/m1/s1. The van der Waals surface area contributed by atoms with E-state index < -0.39 is 11.9 Å². The number of anilines is 1. The topological polar surface area (TPSA) is 41.1 Å². The van der Waals surface area contributed by atoms with Crippen molar-refractivity contribution < 1.29 is 9.18 Å². The number of benzene rings is 2. The Morgan fingerprint density at radius 3 is 2.43 bits per heavy atom. The molecule has 0 fully saturated rings. The smallest absolute Gasteiger partial charge is 0.241 e. The fraction of sp³-hybridized carbons (Fsp3) is 0.235. The van der Waals surface area contributed by atoms with E-state index in [1.54, 1.807) is 13.0 Å². The van der Waals surface area contributed by atoms with Crippen LogP contribution in [0.2, 0.25) is 10.0 Å². The number of hydrogen-bond donors (Lipinski definition) is 2. The lowest BCUT2D eigenvalue weighted by Gasteiger charge is -2.21. The maximum Gasteiger partial charge on any atom is 0.241 e. The summed E-state index contributed by atoms with van der Waals surface area (Å²) in [7, 11) is 0. The summed E-state index contributed by atoms with van der Waals surface area (Å²) < 4.78 is 13.0.